The molecular formula is C13H12BrClN4S. The molecule has 0 saturated carbocycles. The Morgan fingerprint density at radius 3 is 3.05 bits per heavy atom. The van der Waals surface area contributed by atoms with Crippen LogP contribution in [-0.2, 0) is 6.42 Å². The van der Waals surface area contributed by atoms with E-state index in [-0.39, 0.29) is 6.04 Å². The average Bonchev–Trinajstić information content (AvgIpc) is 2.97. The van der Waals surface area contributed by atoms with Gasteiger partial charge < -0.3 is 0 Å². The Morgan fingerprint density at radius 1 is 1.50 bits per heavy atom. The fraction of sp³-hybridized carbons (Fsp3) is 0.154. The molecule has 3 aromatic rings. The number of fused-ring (bicyclic) bond motifs is 1. The number of hydrogen-bond donors (Lipinski definition) is 2. The molecule has 4 nitrogen and oxygen atoms in total. The summed E-state index contributed by atoms with van der Waals surface area (Å²) in [4.78, 5) is 5.57. The van der Waals surface area contributed by atoms with E-state index >= 15 is 0 Å². The van der Waals surface area contributed by atoms with Gasteiger partial charge in [-0.1, -0.05) is 33.6 Å². The number of imidazole rings is 1. The van der Waals surface area contributed by atoms with E-state index in [1.54, 1.807) is 11.3 Å². The van der Waals surface area contributed by atoms with Crippen LogP contribution in [0.1, 0.15) is 17.3 Å². The van der Waals surface area contributed by atoms with E-state index in [1.807, 2.05) is 40.4 Å². The number of hydrazine groups is 1. The molecule has 0 aliphatic carbocycles. The Hall–Kier alpha value is -0.920. The highest BCUT2D eigenvalue weighted by molar-refractivity contribution is 9.10. The van der Waals surface area contributed by atoms with Crippen molar-refractivity contribution in [2.75, 3.05) is 0 Å². The van der Waals surface area contributed by atoms with Crippen LogP contribution in [0.2, 0.25) is 5.02 Å². The highest BCUT2D eigenvalue weighted by Crippen LogP contribution is 2.28. The summed E-state index contributed by atoms with van der Waals surface area (Å²) >= 11 is 11.1. The maximum absolute atomic E-state index is 5.97. The van der Waals surface area contributed by atoms with Crippen LogP contribution in [0.25, 0.3) is 4.96 Å². The van der Waals surface area contributed by atoms with Gasteiger partial charge in [0.05, 0.1) is 11.7 Å². The van der Waals surface area contributed by atoms with Crippen LogP contribution >= 0.6 is 38.9 Å². The van der Waals surface area contributed by atoms with Crippen LogP contribution in [0, 0.1) is 0 Å². The Balaban J connectivity index is 1.88. The molecule has 2 aromatic heterocycles. The van der Waals surface area contributed by atoms with Gasteiger partial charge in [-0.3, -0.25) is 15.7 Å². The minimum absolute atomic E-state index is 0.0220. The van der Waals surface area contributed by atoms with Gasteiger partial charge in [0.2, 0.25) is 0 Å². The van der Waals surface area contributed by atoms with E-state index in [4.69, 9.17) is 17.4 Å². The third-order valence-corrected chi connectivity index (χ3v) is 4.79. The molecule has 7 heteroatoms. The number of nitrogens with one attached hydrogen (secondary N) is 1. The van der Waals surface area contributed by atoms with Crippen molar-refractivity contribution in [3.8, 4) is 0 Å². The van der Waals surface area contributed by atoms with E-state index < -0.39 is 0 Å². The molecule has 0 spiro atoms. The molecule has 0 radical (unpaired) electrons. The molecule has 0 amide bonds. The van der Waals surface area contributed by atoms with Crippen molar-refractivity contribution in [2.45, 2.75) is 12.5 Å². The molecule has 0 bridgehead atoms. The molecule has 3 N–H and O–H groups in total. The lowest BCUT2D eigenvalue weighted by Gasteiger charge is -2.17. The molecular weight excluding hydrogens is 360 g/mol. The fourth-order valence-electron chi connectivity index (χ4n) is 2.13. The molecule has 0 aliphatic rings. The van der Waals surface area contributed by atoms with Gasteiger partial charge in [-0.05, 0) is 17.7 Å². The summed E-state index contributed by atoms with van der Waals surface area (Å²) < 4.78 is 2.96. The van der Waals surface area contributed by atoms with E-state index in [9.17, 15) is 0 Å². The predicted molar refractivity (Wildman–Crippen MR) is 86.0 cm³/mol. The van der Waals surface area contributed by atoms with Gasteiger partial charge in [-0.2, -0.15) is 0 Å². The highest BCUT2D eigenvalue weighted by atomic mass is 79.9. The van der Waals surface area contributed by atoms with Gasteiger partial charge in [0.25, 0.3) is 0 Å². The second-order valence-corrected chi connectivity index (χ2v) is 6.58. The summed E-state index contributed by atoms with van der Waals surface area (Å²) in [5, 5.41) is 2.71. The van der Waals surface area contributed by atoms with Crippen molar-refractivity contribution >= 4 is 43.8 Å². The first kappa shape index (κ1) is 14.0. The Labute approximate surface area is 133 Å². The molecule has 3 rings (SSSR count). The molecule has 0 saturated heterocycles. The Morgan fingerprint density at radius 2 is 2.35 bits per heavy atom. The van der Waals surface area contributed by atoms with Gasteiger partial charge in [0.1, 0.15) is 0 Å². The van der Waals surface area contributed by atoms with Crippen LogP contribution in [0.5, 0.6) is 0 Å². The van der Waals surface area contributed by atoms with Gasteiger partial charge in [0.15, 0.2) is 4.96 Å². The van der Waals surface area contributed by atoms with Crippen molar-refractivity contribution in [1.29, 1.82) is 0 Å². The van der Waals surface area contributed by atoms with E-state index in [1.165, 1.54) is 0 Å². The molecule has 1 atom stereocenters. The van der Waals surface area contributed by atoms with Crippen molar-refractivity contribution in [1.82, 2.24) is 14.8 Å². The smallest absolute Gasteiger partial charge is 0.193 e. The van der Waals surface area contributed by atoms with Crippen molar-refractivity contribution in [3.05, 3.63) is 56.7 Å². The largest absolute Gasteiger partial charge is 0.297 e. The first-order valence-electron chi connectivity index (χ1n) is 5.99. The standard InChI is InChI=1S/C13H12BrClN4S/c14-11-5-8(15)1-2-10(11)12(18-16)6-9-7-19-3-4-20-13(19)17-9/h1-5,7,12,18H,6,16H2. The molecule has 20 heavy (non-hydrogen) atoms. The summed E-state index contributed by atoms with van der Waals surface area (Å²) in [6, 6.07) is 5.67. The summed E-state index contributed by atoms with van der Waals surface area (Å²) in [6.45, 7) is 0. The van der Waals surface area contributed by atoms with Gasteiger partial charge in [-0.15, -0.1) is 11.3 Å². The SMILES string of the molecule is NNC(Cc1cn2ccsc2n1)c1ccc(Cl)cc1Br. The molecule has 2 heterocycles. The maximum Gasteiger partial charge on any atom is 0.193 e. The van der Waals surface area contributed by atoms with Gasteiger partial charge in [0, 0.05) is 33.7 Å². The van der Waals surface area contributed by atoms with E-state index in [0.29, 0.717) is 11.4 Å². The van der Waals surface area contributed by atoms with Crippen molar-refractivity contribution in [2.24, 2.45) is 5.84 Å². The quantitative estimate of drug-likeness (QED) is 0.544. The zero-order valence-electron chi connectivity index (χ0n) is 10.4. The average molecular weight is 372 g/mol. The number of rotatable bonds is 4. The number of nitrogens with two attached hydrogens (primary N) is 1. The maximum atomic E-state index is 5.97. The third kappa shape index (κ3) is 2.75. The van der Waals surface area contributed by atoms with Crippen LogP contribution in [0.15, 0.2) is 40.4 Å². The molecule has 0 fully saturated rings. The molecule has 1 aromatic carbocycles. The highest BCUT2D eigenvalue weighted by Gasteiger charge is 2.16. The number of aromatic nitrogens is 2. The normalized spacial score (nSPS) is 12.9. The number of hydrogen-bond acceptors (Lipinski definition) is 4. The Bertz CT molecular complexity index is 710. The fourth-order valence-corrected chi connectivity index (χ4v) is 3.80. The van der Waals surface area contributed by atoms with Gasteiger partial charge in [-0.25, -0.2) is 4.98 Å². The minimum Gasteiger partial charge on any atom is -0.297 e. The first-order valence-corrected chi connectivity index (χ1v) is 8.04. The summed E-state index contributed by atoms with van der Waals surface area (Å²) in [7, 11) is 0. The van der Waals surface area contributed by atoms with Crippen LogP contribution in [0.3, 0.4) is 0 Å². The molecule has 104 valence electrons. The lowest BCUT2D eigenvalue weighted by Crippen LogP contribution is -2.30. The summed E-state index contributed by atoms with van der Waals surface area (Å²) in [6.07, 6.45) is 4.74. The van der Waals surface area contributed by atoms with Gasteiger partial charge >= 0.3 is 0 Å². The van der Waals surface area contributed by atoms with E-state index in [2.05, 4.69) is 26.3 Å². The second kappa shape index (κ2) is 5.83. The minimum atomic E-state index is -0.0220. The number of halogens is 2. The van der Waals surface area contributed by atoms with Crippen molar-refractivity contribution < 1.29 is 0 Å². The molecule has 0 aliphatic heterocycles. The van der Waals surface area contributed by atoms with Crippen LogP contribution in [0.4, 0.5) is 0 Å². The van der Waals surface area contributed by atoms with E-state index in [0.717, 1.165) is 20.7 Å². The second-order valence-electron chi connectivity index (χ2n) is 4.41. The lowest BCUT2D eigenvalue weighted by atomic mass is 10.0. The summed E-state index contributed by atoms with van der Waals surface area (Å²) in [5.74, 6) is 5.69. The Kier molecular flexibility index (Phi) is 4.09. The number of nitrogens with zero attached hydrogens (tertiary/aromatic N) is 2. The third-order valence-electron chi connectivity index (χ3n) is 3.10. The topological polar surface area (TPSA) is 55.3 Å². The zero-order valence-corrected chi connectivity index (χ0v) is 13.5. The van der Waals surface area contributed by atoms with Crippen LogP contribution in [-0.4, -0.2) is 9.38 Å². The van der Waals surface area contributed by atoms with Crippen LogP contribution < -0.4 is 11.3 Å². The number of benzene rings is 1. The van der Waals surface area contributed by atoms with Crippen molar-refractivity contribution in [3.63, 3.8) is 0 Å². The first-order chi connectivity index (χ1) is 9.67. The monoisotopic (exact) mass is 370 g/mol. The molecule has 1 unspecified atom stereocenters. The summed E-state index contributed by atoms with van der Waals surface area (Å²) in [5.41, 5.74) is 4.91. The number of thiazole rings is 1. The predicted octanol–water partition coefficient (Wildman–Crippen LogP) is 3.56. The lowest BCUT2D eigenvalue weighted by molar-refractivity contribution is 0.545. The zero-order chi connectivity index (χ0) is 14.1.